The number of nitrogens with one attached hydrogen (secondary N) is 1. The van der Waals surface area contributed by atoms with Crippen molar-refractivity contribution in [1.29, 1.82) is 0 Å². The lowest BCUT2D eigenvalue weighted by Gasteiger charge is -2.22. The number of halogens is 1. The van der Waals surface area contributed by atoms with Gasteiger partial charge in [0.1, 0.15) is 0 Å². The predicted octanol–water partition coefficient (Wildman–Crippen LogP) is 3.85. The summed E-state index contributed by atoms with van der Waals surface area (Å²) >= 11 is 3.28. The number of hydrogen-bond acceptors (Lipinski definition) is 7. The van der Waals surface area contributed by atoms with Crippen molar-refractivity contribution >= 4 is 49.5 Å². The Bertz CT molecular complexity index is 1330. The second-order valence-electron chi connectivity index (χ2n) is 7.54. The molecule has 0 aliphatic carbocycles. The fourth-order valence-corrected chi connectivity index (χ4v) is 4.95. The topological polar surface area (TPSA) is 119 Å². The molecule has 3 aromatic carbocycles. The van der Waals surface area contributed by atoms with E-state index in [0.717, 1.165) is 4.31 Å². The van der Waals surface area contributed by atoms with Gasteiger partial charge >= 0.3 is 11.9 Å². The number of nitrogens with zero attached hydrogens (tertiary/aromatic N) is 1. The molecule has 3 rings (SSSR count). The Morgan fingerprint density at radius 3 is 1.94 bits per heavy atom. The van der Waals surface area contributed by atoms with Crippen LogP contribution < -0.4 is 5.32 Å². The molecule has 0 radical (unpaired) electrons. The number of anilines is 1. The van der Waals surface area contributed by atoms with Crippen molar-refractivity contribution in [2.45, 2.75) is 11.4 Å². The fraction of sp³-hybridized carbons (Fsp3) is 0.160. The van der Waals surface area contributed by atoms with E-state index in [1.807, 2.05) is 0 Å². The van der Waals surface area contributed by atoms with Crippen LogP contribution in [0.2, 0.25) is 0 Å². The average molecular weight is 575 g/mol. The molecule has 1 N–H and O–H groups in total. The molecule has 0 unspecified atom stereocenters. The Kier molecular flexibility index (Phi) is 8.97. The van der Waals surface area contributed by atoms with E-state index in [4.69, 9.17) is 9.47 Å². The standard InChI is InChI=1S/C25H23BrN2O7S/c1-34-24(30)18-12-19(25(31)35-2)14-21(13-18)27-23(29)16-28(15-17-6-4-3-5-7-17)36(32,33)22-10-8-20(26)9-11-22/h3-14H,15-16H2,1-2H3,(H,27,29). The molecule has 9 nitrogen and oxygen atoms in total. The highest BCUT2D eigenvalue weighted by Gasteiger charge is 2.27. The third kappa shape index (κ3) is 6.78. The van der Waals surface area contributed by atoms with Gasteiger partial charge in [0, 0.05) is 16.7 Å². The third-order valence-electron chi connectivity index (χ3n) is 5.03. The first kappa shape index (κ1) is 27.1. The van der Waals surface area contributed by atoms with E-state index in [1.165, 1.54) is 44.6 Å². The van der Waals surface area contributed by atoms with Gasteiger partial charge in [0.2, 0.25) is 15.9 Å². The second kappa shape index (κ2) is 11.9. The summed E-state index contributed by atoms with van der Waals surface area (Å²) in [5, 5.41) is 2.56. The SMILES string of the molecule is COC(=O)c1cc(NC(=O)CN(Cc2ccccc2)S(=O)(=O)c2ccc(Br)cc2)cc(C(=O)OC)c1. The van der Waals surface area contributed by atoms with E-state index in [9.17, 15) is 22.8 Å². The zero-order chi connectivity index (χ0) is 26.3. The maximum Gasteiger partial charge on any atom is 0.337 e. The molecule has 0 aliphatic heterocycles. The predicted molar refractivity (Wildman–Crippen MR) is 136 cm³/mol. The molecule has 0 aromatic heterocycles. The summed E-state index contributed by atoms with van der Waals surface area (Å²) in [5.74, 6) is -2.12. The van der Waals surface area contributed by atoms with Crippen LogP contribution in [0.25, 0.3) is 0 Å². The van der Waals surface area contributed by atoms with E-state index in [1.54, 1.807) is 42.5 Å². The highest BCUT2D eigenvalue weighted by Crippen LogP contribution is 2.22. The van der Waals surface area contributed by atoms with Gasteiger partial charge in [-0.2, -0.15) is 4.31 Å². The molecule has 0 saturated carbocycles. The maximum atomic E-state index is 13.4. The number of esters is 2. The van der Waals surface area contributed by atoms with E-state index >= 15 is 0 Å². The quantitative estimate of drug-likeness (QED) is 0.385. The average Bonchev–Trinajstić information content (AvgIpc) is 2.87. The largest absolute Gasteiger partial charge is 0.465 e. The zero-order valence-corrected chi connectivity index (χ0v) is 21.8. The summed E-state index contributed by atoms with van der Waals surface area (Å²) < 4.78 is 38.0. The van der Waals surface area contributed by atoms with Gasteiger partial charge in [-0.1, -0.05) is 46.3 Å². The summed E-state index contributed by atoms with van der Waals surface area (Å²) in [5.41, 5.74) is 0.814. The van der Waals surface area contributed by atoms with Crippen LogP contribution >= 0.6 is 15.9 Å². The van der Waals surface area contributed by atoms with Gasteiger partial charge in [0.05, 0.1) is 36.8 Å². The number of carbonyl (C=O) groups is 3. The van der Waals surface area contributed by atoms with Gasteiger partial charge in [-0.25, -0.2) is 18.0 Å². The van der Waals surface area contributed by atoms with Gasteiger partial charge in [-0.15, -0.1) is 0 Å². The summed E-state index contributed by atoms with van der Waals surface area (Å²) in [6.07, 6.45) is 0. The van der Waals surface area contributed by atoms with Crippen LogP contribution in [-0.4, -0.2) is 51.3 Å². The monoisotopic (exact) mass is 574 g/mol. The van der Waals surface area contributed by atoms with Crippen LogP contribution in [0.1, 0.15) is 26.3 Å². The number of sulfonamides is 1. The molecular weight excluding hydrogens is 552 g/mol. The van der Waals surface area contributed by atoms with Crippen molar-refractivity contribution in [3.05, 3.63) is 94.0 Å². The highest BCUT2D eigenvalue weighted by atomic mass is 79.9. The molecular formula is C25H23BrN2O7S. The molecule has 0 atom stereocenters. The lowest BCUT2D eigenvalue weighted by molar-refractivity contribution is -0.116. The third-order valence-corrected chi connectivity index (χ3v) is 7.37. The molecule has 1 amide bonds. The minimum atomic E-state index is -4.05. The minimum absolute atomic E-state index is 0.0133. The molecule has 3 aromatic rings. The second-order valence-corrected chi connectivity index (χ2v) is 10.4. The van der Waals surface area contributed by atoms with Crippen molar-refractivity contribution < 1.29 is 32.3 Å². The summed E-state index contributed by atoms with van der Waals surface area (Å²) in [6.45, 7) is -0.578. The number of hydrogen-bond donors (Lipinski definition) is 1. The summed E-state index contributed by atoms with van der Waals surface area (Å²) in [4.78, 5) is 37.1. The molecule has 188 valence electrons. The van der Waals surface area contributed by atoms with Crippen LogP contribution in [0, 0.1) is 0 Å². The number of ether oxygens (including phenoxy) is 2. The van der Waals surface area contributed by atoms with Crippen molar-refractivity contribution in [3.63, 3.8) is 0 Å². The van der Waals surface area contributed by atoms with E-state index < -0.39 is 34.4 Å². The zero-order valence-electron chi connectivity index (χ0n) is 19.4. The highest BCUT2D eigenvalue weighted by molar-refractivity contribution is 9.10. The van der Waals surface area contributed by atoms with Gasteiger partial charge < -0.3 is 14.8 Å². The van der Waals surface area contributed by atoms with Gasteiger partial charge in [0.15, 0.2) is 0 Å². The van der Waals surface area contributed by atoms with Crippen LogP contribution in [0.5, 0.6) is 0 Å². The molecule has 0 aliphatic rings. The van der Waals surface area contributed by atoms with E-state index in [-0.39, 0.29) is 28.3 Å². The normalized spacial score (nSPS) is 11.1. The number of rotatable bonds is 9. The molecule has 0 heterocycles. The van der Waals surface area contributed by atoms with Crippen molar-refractivity contribution in [3.8, 4) is 0 Å². The van der Waals surface area contributed by atoms with E-state index in [2.05, 4.69) is 21.2 Å². The molecule has 36 heavy (non-hydrogen) atoms. The van der Waals surface area contributed by atoms with Crippen LogP contribution in [-0.2, 0) is 30.8 Å². The molecule has 0 fully saturated rings. The van der Waals surface area contributed by atoms with Crippen molar-refractivity contribution in [2.24, 2.45) is 0 Å². The smallest absolute Gasteiger partial charge is 0.337 e. The maximum absolute atomic E-state index is 13.4. The minimum Gasteiger partial charge on any atom is -0.465 e. The van der Waals surface area contributed by atoms with Gasteiger partial charge in [0.25, 0.3) is 0 Å². The summed E-state index contributed by atoms with van der Waals surface area (Å²) in [6, 6.07) is 18.8. The molecule has 0 saturated heterocycles. The Balaban J connectivity index is 1.91. The van der Waals surface area contributed by atoms with E-state index in [0.29, 0.717) is 10.0 Å². The van der Waals surface area contributed by atoms with Crippen molar-refractivity contribution in [1.82, 2.24) is 4.31 Å². The van der Waals surface area contributed by atoms with Crippen LogP contribution in [0.3, 0.4) is 0 Å². The number of methoxy groups -OCH3 is 2. The van der Waals surface area contributed by atoms with Crippen LogP contribution in [0.4, 0.5) is 5.69 Å². The Labute approximate surface area is 217 Å². The summed E-state index contributed by atoms with van der Waals surface area (Å²) in [7, 11) is -1.69. The number of benzene rings is 3. The first-order valence-electron chi connectivity index (χ1n) is 10.5. The first-order chi connectivity index (χ1) is 17.1. The van der Waals surface area contributed by atoms with Crippen LogP contribution in [0.15, 0.2) is 82.2 Å². The fourth-order valence-electron chi connectivity index (χ4n) is 3.30. The van der Waals surface area contributed by atoms with Crippen molar-refractivity contribution in [2.75, 3.05) is 26.1 Å². The molecule has 11 heteroatoms. The Morgan fingerprint density at radius 2 is 1.42 bits per heavy atom. The Morgan fingerprint density at radius 1 is 0.861 bits per heavy atom. The Hall–Kier alpha value is -3.54. The first-order valence-corrected chi connectivity index (χ1v) is 12.8. The number of amides is 1. The lowest BCUT2D eigenvalue weighted by atomic mass is 10.1. The molecule has 0 spiro atoms. The van der Waals surface area contributed by atoms with Gasteiger partial charge in [-0.3, -0.25) is 4.79 Å². The lowest BCUT2D eigenvalue weighted by Crippen LogP contribution is -2.37. The van der Waals surface area contributed by atoms with Gasteiger partial charge in [-0.05, 0) is 48.0 Å². The molecule has 0 bridgehead atoms. The number of carbonyl (C=O) groups excluding carboxylic acids is 3.